The van der Waals surface area contributed by atoms with E-state index < -0.39 is 5.60 Å². The van der Waals surface area contributed by atoms with Crippen LogP contribution in [0.3, 0.4) is 0 Å². The number of rotatable bonds is 7. The van der Waals surface area contributed by atoms with E-state index in [4.69, 9.17) is 4.74 Å². The Bertz CT molecular complexity index is 918. The molecule has 2 N–H and O–H groups in total. The second-order valence-electron chi connectivity index (χ2n) is 9.91. The van der Waals surface area contributed by atoms with Crippen LogP contribution in [0.15, 0.2) is 59.1 Å². The van der Waals surface area contributed by atoms with E-state index >= 15 is 0 Å². The smallest absolute Gasteiger partial charge is 0.407 e. The lowest BCUT2D eigenvalue weighted by Crippen LogP contribution is -2.39. The Morgan fingerprint density at radius 2 is 1.73 bits per heavy atom. The molecule has 33 heavy (non-hydrogen) atoms. The third-order valence-corrected chi connectivity index (χ3v) is 6.49. The molecular formula is C27H35BrN2O3. The van der Waals surface area contributed by atoms with Gasteiger partial charge in [0.2, 0.25) is 5.91 Å². The van der Waals surface area contributed by atoms with Crippen LogP contribution in [-0.4, -0.2) is 24.1 Å². The minimum atomic E-state index is -0.496. The summed E-state index contributed by atoms with van der Waals surface area (Å²) in [6.45, 7) is 6.17. The maximum atomic E-state index is 13.2. The van der Waals surface area contributed by atoms with Gasteiger partial charge in [0.05, 0.1) is 6.04 Å². The van der Waals surface area contributed by atoms with Crippen LogP contribution in [0, 0.1) is 11.8 Å². The van der Waals surface area contributed by atoms with Gasteiger partial charge in [0.15, 0.2) is 0 Å². The second-order valence-corrected chi connectivity index (χ2v) is 10.8. The summed E-state index contributed by atoms with van der Waals surface area (Å²) in [5.74, 6) is 0.509. The van der Waals surface area contributed by atoms with Gasteiger partial charge in [-0.15, -0.1) is 0 Å². The molecule has 1 aliphatic carbocycles. The molecule has 3 rings (SSSR count). The van der Waals surface area contributed by atoms with Crippen molar-refractivity contribution >= 4 is 27.9 Å². The molecule has 1 saturated carbocycles. The van der Waals surface area contributed by atoms with Crippen molar-refractivity contribution in [1.29, 1.82) is 0 Å². The lowest BCUT2D eigenvalue weighted by Gasteiger charge is -2.30. The Balaban J connectivity index is 1.54. The molecule has 0 bridgehead atoms. The summed E-state index contributed by atoms with van der Waals surface area (Å²) >= 11 is 3.55. The van der Waals surface area contributed by atoms with Crippen LogP contribution in [0.25, 0.3) is 0 Å². The lowest BCUT2D eigenvalue weighted by molar-refractivity contribution is -0.127. The van der Waals surface area contributed by atoms with Crippen molar-refractivity contribution in [1.82, 2.24) is 10.6 Å². The van der Waals surface area contributed by atoms with E-state index in [2.05, 4.69) is 50.8 Å². The quantitative estimate of drug-likeness (QED) is 0.463. The highest BCUT2D eigenvalue weighted by Gasteiger charge is 2.28. The van der Waals surface area contributed by atoms with Crippen molar-refractivity contribution in [3.63, 3.8) is 0 Å². The molecule has 1 aliphatic rings. The van der Waals surface area contributed by atoms with E-state index in [-0.39, 0.29) is 24.0 Å². The Labute approximate surface area is 205 Å². The standard InChI is InChI=1S/C27H35BrN2O3/c1-27(2,3)33-26(32)29-18-20-12-14-21(15-13-20)25(31)30-24(16-19-8-5-4-6-9-19)22-10-7-11-23(28)17-22/h4-11,17,20-21,24H,12-16,18H2,1-3H3,(H,29,32)(H,30,31)/t20-,21-,24?. The summed E-state index contributed by atoms with van der Waals surface area (Å²) in [6, 6.07) is 18.3. The van der Waals surface area contributed by atoms with Gasteiger partial charge in [0, 0.05) is 16.9 Å². The molecule has 0 spiro atoms. The molecule has 0 aliphatic heterocycles. The summed E-state index contributed by atoms with van der Waals surface area (Å²) in [6.07, 6.45) is 3.90. The Morgan fingerprint density at radius 3 is 2.36 bits per heavy atom. The summed E-state index contributed by atoms with van der Waals surface area (Å²) in [4.78, 5) is 25.1. The average molecular weight is 515 g/mol. The van der Waals surface area contributed by atoms with Crippen LogP contribution in [0.4, 0.5) is 4.79 Å². The number of ether oxygens (including phenoxy) is 1. The zero-order valence-corrected chi connectivity index (χ0v) is 21.4. The van der Waals surface area contributed by atoms with Gasteiger partial charge in [-0.25, -0.2) is 4.79 Å². The molecule has 0 heterocycles. The molecule has 0 radical (unpaired) electrons. The predicted octanol–water partition coefficient (Wildman–Crippen LogP) is 6.18. The lowest BCUT2D eigenvalue weighted by atomic mass is 9.81. The van der Waals surface area contributed by atoms with E-state index in [0.717, 1.165) is 42.1 Å². The number of nitrogens with one attached hydrogen (secondary N) is 2. The highest BCUT2D eigenvalue weighted by molar-refractivity contribution is 9.10. The van der Waals surface area contributed by atoms with Crippen LogP contribution >= 0.6 is 15.9 Å². The number of hydrogen-bond donors (Lipinski definition) is 2. The number of hydrogen-bond acceptors (Lipinski definition) is 3. The van der Waals surface area contributed by atoms with Crippen molar-refractivity contribution in [2.24, 2.45) is 11.8 Å². The highest BCUT2D eigenvalue weighted by atomic mass is 79.9. The monoisotopic (exact) mass is 514 g/mol. The summed E-state index contributed by atoms with van der Waals surface area (Å²) < 4.78 is 6.32. The maximum absolute atomic E-state index is 13.2. The van der Waals surface area contributed by atoms with Crippen molar-refractivity contribution in [3.8, 4) is 0 Å². The highest BCUT2D eigenvalue weighted by Crippen LogP contribution is 2.30. The first kappa shape index (κ1) is 25.3. The molecule has 1 atom stereocenters. The minimum Gasteiger partial charge on any atom is -0.444 e. The zero-order valence-electron chi connectivity index (χ0n) is 19.8. The third-order valence-electron chi connectivity index (χ3n) is 6.00. The molecule has 1 unspecified atom stereocenters. The first-order chi connectivity index (χ1) is 15.7. The number of carbonyl (C=O) groups is 2. The van der Waals surface area contributed by atoms with E-state index in [9.17, 15) is 9.59 Å². The first-order valence-corrected chi connectivity index (χ1v) is 12.6. The maximum Gasteiger partial charge on any atom is 0.407 e. The Hall–Kier alpha value is -2.34. The fraction of sp³-hybridized carbons (Fsp3) is 0.481. The molecule has 178 valence electrons. The summed E-state index contributed by atoms with van der Waals surface area (Å²) in [5, 5.41) is 6.19. The molecular weight excluding hydrogens is 480 g/mol. The van der Waals surface area contributed by atoms with Gasteiger partial charge < -0.3 is 15.4 Å². The summed E-state index contributed by atoms with van der Waals surface area (Å²) in [5.41, 5.74) is 1.79. The van der Waals surface area contributed by atoms with E-state index in [0.29, 0.717) is 12.5 Å². The zero-order chi connectivity index (χ0) is 23.8. The van der Waals surface area contributed by atoms with Gasteiger partial charge in [-0.05, 0) is 82.1 Å². The van der Waals surface area contributed by atoms with E-state index in [1.165, 1.54) is 5.56 Å². The number of amides is 2. The minimum absolute atomic E-state index is 0.00760. The second kappa shape index (κ2) is 11.7. The molecule has 0 aromatic heterocycles. The van der Waals surface area contributed by atoms with E-state index in [1.54, 1.807) is 0 Å². The average Bonchev–Trinajstić information content (AvgIpc) is 2.77. The van der Waals surface area contributed by atoms with Crippen molar-refractivity contribution < 1.29 is 14.3 Å². The first-order valence-electron chi connectivity index (χ1n) is 11.8. The molecule has 0 saturated heterocycles. The number of carbonyl (C=O) groups excluding carboxylic acids is 2. The van der Waals surface area contributed by atoms with Gasteiger partial charge in [-0.2, -0.15) is 0 Å². The van der Waals surface area contributed by atoms with Crippen molar-refractivity contribution in [3.05, 3.63) is 70.2 Å². The van der Waals surface area contributed by atoms with Crippen LogP contribution < -0.4 is 10.6 Å². The van der Waals surface area contributed by atoms with Gasteiger partial charge >= 0.3 is 6.09 Å². The molecule has 2 amide bonds. The van der Waals surface area contributed by atoms with Crippen LogP contribution in [0.5, 0.6) is 0 Å². The molecule has 2 aromatic carbocycles. The van der Waals surface area contributed by atoms with Crippen LogP contribution in [0.2, 0.25) is 0 Å². The van der Waals surface area contributed by atoms with Crippen molar-refractivity contribution in [2.45, 2.75) is 64.5 Å². The third kappa shape index (κ3) is 8.50. The Morgan fingerprint density at radius 1 is 1.03 bits per heavy atom. The van der Waals surface area contributed by atoms with Gasteiger partial charge in [-0.1, -0.05) is 58.4 Å². The summed E-state index contributed by atoms with van der Waals surface area (Å²) in [7, 11) is 0. The topological polar surface area (TPSA) is 67.4 Å². The number of alkyl carbamates (subject to hydrolysis) is 1. The molecule has 2 aromatic rings. The van der Waals surface area contributed by atoms with E-state index in [1.807, 2.05) is 51.1 Å². The molecule has 5 nitrogen and oxygen atoms in total. The van der Waals surface area contributed by atoms with Crippen molar-refractivity contribution in [2.75, 3.05) is 6.54 Å². The van der Waals surface area contributed by atoms with Crippen LogP contribution in [0.1, 0.15) is 63.6 Å². The fourth-order valence-electron chi connectivity index (χ4n) is 4.29. The molecule has 1 fully saturated rings. The fourth-order valence-corrected chi connectivity index (χ4v) is 4.70. The number of benzene rings is 2. The van der Waals surface area contributed by atoms with Gasteiger partial charge in [0.25, 0.3) is 0 Å². The number of halogens is 1. The Kier molecular flexibility index (Phi) is 8.95. The largest absolute Gasteiger partial charge is 0.444 e. The SMILES string of the molecule is CC(C)(C)OC(=O)NC[C@H]1CC[C@H](C(=O)NC(Cc2ccccc2)c2cccc(Br)c2)CC1. The molecule has 6 heteroatoms. The van der Waals surface area contributed by atoms with Gasteiger partial charge in [0.1, 0.15) is 5.60 Å². The van der Waals surface area contributed by atoms with Crippen LogP contribution in [-0.2, 0) is 16.0 Å². The van der Waals surface area contributed by atoms with Gasteiger partial charge in [-0.3, -0.25) is 4.79 Å². The normalized spacial score (nSPS) is 19.4. The predicted molar refractivity (Wildman–Crippen MR) is 135 cm³/mol.